The van der Waals surface area contributed by atoms with E-state index in [-0.39, 0.29) is 25.0 Å². The molecule has 0 fully saturated rings. The van der Waals surface area contributed by atoms with Gasteiger partial charge in [0.1, 0.15) is 6.61 Å². The summed E-state index contributed by atoms with van der Waals surface area (Å²) in [5.74, 6) is -0.851. The number of aryl methyl sites for hydroxylation is 1. The summed E-state index contributed by atoms with van der Waals surface area (Å²) in [6, 6.07) is 15.3. The number of fused-ring (bicyclic) bond motifs is 2. The Bertz CT molecular complexity index is 969. The molecule has 0 saturated carbocycles. The number of hydrogen-bond acceptors (Lipinski definition) is 4. The molecule has 2 aromatic carbocycles. The Morgan fingerprint density at radius 1 is 1.16 bits per heavy atom. The van der Waals surface area contributed by atoms with Crippen LogP contribution in [0.4, 0.5) is 0 Å². The molecule has 1 heterocycles. The van der Waals surface area contributed by atoms with Crippen molar-refractivity contribution in [2.75, 3.05) is 6.61 Å². The zero-order valence-corrected chi connectivity index (χ0v) is 13.8. The van der Waals surface area contributed by atoms with Crippen LogP contribution in [0.25, 0.3) is 11.1 Å². The van der Waals surface area contributed by atoms with Gasteiger partial charge in [0.15, 0.2) is 5.58 Å². The van der Waals surface area contributed by atoms with Gasteiger partial charge in [-0.3, -0.25) is 9.36 Å². The summed E-state index contributed by atoms with van der Waals surface area (Å²) in [5.41, 5.74) is 3.56. The van der Waals surface area contributed by atoms with E-state index >= 15 is 0 Å². The van der Waals surface area contributed by atoms with Crippen LogP contribution >= 0.6 is 0 Å². The summed E-state index contributed by atoms with van der Waals surface area (Å²) in [5, 5.41) is 0. The van der Waals surface area contributed by atoms with E-state index in [1.165, 1.54) is 10.1 Å². The van der Waals surface area contributed by atoms with Gasteiger partial charge in [0, 0.05) is 0 Å². The maximum atomic E-state index is 12.5. The predicted molar refractivity (Wildman–Crippen MR) is 93.6 cm³/mol. The highest BCUT2D eigenvalue weighted by molar-refractivity contribution is 5.79. The van der Waals surface area contributed by atoms with Gasteiger partial charge in [0.05, 0.1) is 18.0 Å². The summed E-state index contributed by atoms with van der Waals surface area (Å²) in [6.07, 6.45) is 2.81. The number of benzene rings is 2. The highest BCUT2D eigenvalue weighted by atomic mass is 16.5. The lowest BCUT2D eigenvalue weighted by atomic mass is 9.83. The van der Waals surface area contributed by atoms with Crippen LogP contribution < -0.4 is 5.76 Å². The topological polar surface area (TPSA) is 61.4 Å². The average Bonchev–Trinajstić information content (AvgIpc) is 2.96. The highest BCUT2D eigenvalue weighted by Gasteiger charge is 2.27. The smallest absolute Gasteiger partial charge is 0.420 e. The molecule has 1 aliphatic rings. The molecule has 0 amide bonds. The number of rotatable bonds is 4. The number of hydrogen-bond donors (Lipinski definition) is 0. The second-order valence-electron chi connectivity index (χ2n) is 6.30. The van der Waals surface area contributed by atoms with Crippen molar-refractivity contribution in [1.29, 1.82) is 0 Å². The van der Waals surface area contributed by atoms with Crippen LogP contribution in [-0.4, -0.2) is 17.1 Å². The van der Waals surface area contributed by atoms with Crippen LogP contribution in [-0.2, 0) is 22.5 Å². The maximum absolute atomic E-state index is 12.5. The first kappa shape index (κ1) is 15.7. The fraction of sp³-hybridized carbons (Fsp3) is 0.300. The first-order valence-electron chi connectivity index (χ1n) is 8.57. The number of aromatic nitrogens is 1. The van der Waals surface area contributed by atoms with E-state index < -0.39 is 5.76 Å². The van der Waals surface area contributed by atoms with E-state index in [0.717, 1.165) is 24.8 Å². The van der Waals surface area contributed by atoms with Crippen molar-refractivity contribution < 1.29 is 13.9 Å². The molecule has 0 radical (unpaired) electrons. The summed E-state index contributed by atoms with van der Waals surface area (Å²) >= 11 is 0. The molecule has 0 aliphatic heterocycles. The SMILES string of the molecule is O=C(OCCn1c(=O)oc2ccccc21)[C@H]1CCCc2ccccc21. The standard InChI is InChI=1S/C20H19NO4/c22-19(16-9-5-7-14-6-1-2-8-15(14)16)24-13-12-21-17-10-3-4-11-18(17)25-20(21)23/h1-4,6,8,10-11,16H,5,7,9,12-13H2/t16-/m0/s1. The fourth-order valence-corrected chi connectivity index (χ4v) is 3.56. The summed E-state index contributed by atoms with van der Waals surface area (Å²) in [7, 11) is 0. The van der Waals surface area contributed by atoms with Gasteiger partial charge in [-0.2, -0.15) is 0 Å². The molecule has 5 heteroatoms. The zero-order chi connectivity index (χ0) is 17.2. The zero-order valence-electron chi connectivity index (χ0n) is 13.8. The second kappa shape index (κ2) is 6.59. The summed E-state index contributed by atoms with van der Waals surface area (Å²) < 4.78 is 12.2. The average molecular weight is 337 g/mol. The molecule has 1 aromatic heterocycles. The molecule has 25 heavy (non-hydrogen) atoms. The molecule has 0 bridgehead atoms. The highest BCUT2D eigenvalue weighted by Crippen LogP contribution is 2.32. The third-order valence-electron chi connectivity index (χ3n) is 4.79. The minimum absolute atomic E-state index is 0.154. The lowest BCUT2D eigenvalue weighted by molar-refractivity contribution is -0.146. The van der Waals surface area contributed by atoms with E-state index in [9.17, 15) is 9.59 Å². The molecule has 0 saturated heterocycles. The number of nitrogens with zero attached hydrogens (tertiary/aromatic N) is 1. The van der Waals surface area contributed by atoms with E-state index in [0.29, 0.717) is 11.1 Å². The van der Waals surface area contributed by atoms with Gasteiger partial charge in [-0.25, -0.2) is 4.79 Å². The van der Waals surface area contributed by atoms with Gasteiger partial charge in [-0.05, 0) is 42.5 Å². The van der Waals surface area contributed by atoms with Crippen molar-refractivity contribution in [1.82, 2.24) is 4.57 Å². The predicted octanol–water partition coefficient (Wildman–Crippen LogP) is 3.26. The van der Waals surface area contributed by atoms with Crippen molar-refractivity contribution in [2.24, 2.45) is 0 Å². The number of ether oxygens (including phenoxy) is 1. The van der Waals surface area contributed by atoms with Crippen LogP contribution in [0.5, 0.6) is 0 Å². The van der Waals surface area contributed by atoms with Crippen molar-refractivity contribution in [3.05, 3.63) is 70.2 Å². The van der Waals surface area contributed by atoms with Gasteiger partial charge in [0.25, 0.3) is 0 Å². The van der Waals surface area contributed by atoms with Crippen LogP contribution in [0.15, 0.2) is 57.7 Å². The maximum Gasteiger partial charge on any atom is 0.420 e. The van der Waals surface area contributed by atoms with Gasteiger partial charge >= 0.3 is 11.7 Å². The third-order valence-corrected chi connectivity index (χ3v) is 4.79. The monoisotopic (exact) mass is 337 g/mol. The Kier molecular flexibility index (Phi) is 4.14. The van der Waals surface area contributed by atoms with Crippen molar-refractivity contribution in [2.45, 2.75) is 31.7 Å². The molecular formula is C20H19NO4. The fourth-order valence-electron chi connectivity index (χ4n) is 3.56. The molecule has 3 aromatic rings. The van der Waals surface area contributed by atoms with Crippen LogP contribution in [0.2, 0.25) is 0 Å². The minimum atomic E-state index is -0.430. The Hall–Kier alpha value is -2.82. The molecule has 0 N–H and O–H groups in total. The molecule has 4 rings (SSSR count). The summed E-state index contributed by atoms with van der Waals surface area (Å²) in [4.78, 5) is 24.4. The van der Waals surface area contributed by atoms with Gasteiger partial charge < -0.3 is 9.15 Å². The number of oxazole rings is 1. The Balaban J connectivity index is 1.45. The Morgan fingerprint density at radius 3 is 2.88 bits per heavy atom. The van der Waals surface area contributed by atoms with Gasteiger partial charge in [-0.1, -0.05) is 36.4 Å². The van der Waals surface area contributed by atoms with Gasteiger partial charge in [0.2, 0.25) is 0 Å². The van der Waals surface area contributed by atoms with E-state index in [2.05, 4.69) is 6.07 Å². The van der Waals surface area contributed by atoms with Crippen LogP contribution in [0.3, 0.4) is 0 Å². The molecule has 0 unspecified atom stereocenters. The summed E-state index contributed by atoms with van der Waals surface area (Å²) in [6.45, 7) is 0.441. The van der Waals surface area contributed by atoms with E-state index in [1.54, 1.807) is 6.07 Å². The second-order valence-corrected chi connectivity index (χ2v) is 6.30. The molecule has 0 spiro atoms. The molecule has 128 valence electrons. The third kappa shape index (κ3) is 2.97. The lowest BCUT2D eigenvalue weighted by Gasteiger charge is -2.23. The largest absolute Gasteiger partial charge is 0.463 e. The molecule has 1 aliphatic carbocycles. The Morgan fingerprint density at radius 2 is 1.96 bits per heavy atom. The first-order valence-corrected chi connectivity index (χ1v) is 8.57. The lowest BCUT2D eigenvalue weighted by Crippen LogP contribution is -2.24. The quantitative estimate of drug-likeness (QED) is 0.686. The normalized spacial score (nSPS) is 16.6. The van der Waals surface area contributed by atoms with Crippen molar-refractivity contribution in [3.63, 3.8) is 0 Å². The number of carbonyl (C=O) groups excluding carboxylic acids is 1. The van der Waals surface area contributed by atoms with E-state index in [4.69, 9.17) is 9.15 Å². The van der Waals surface area contributed by atoms with Crippen LogP contribution in [0.1, 0.15) is 29.9 Å². The number of para-hydroxylation sites is 2. The Labute approximate surface area is 144 Å². The molecule has 1 atom stereocenters. The first-order chi connectivity index (χ1) is 12.2. The molecular weight excluding hydrogens is 318 g/mol. The number of esters is 1. The van der Waals surface area contributed by atoms with Crippen LogP contribution in [0, 0.1) is 0 Å². The molecule has 5 nitrogen and oxygen atoms in total. The minimum Gasteiger partial charge on any atom is -0.463 e. The van der Waals surface area contributed by atoms with E-state index in [1.807, 2.05) is 36.4 Å². The van der Waals surface area contributed by atoms with Crippen molar-refractivity contribution in [3.8, 4) is 0 Å². The van der Waals surface area contributed by atoms with Crippen molar-refractivity contribution >= 4 is 17.1 Å². The number of carbonyl (C=O) groups is 1. The van der Waals surface area contributed by atoms with Gasteiger partial charge in [-0.15, -0.1) is 0 Å².